The number of ether oxygens (including phenoxy) is 1. The van der Waals surface area contributed by atoms with Crippen LogP contribution < -0.4 is 20.3 Å². The summed E-state index contributed by atoms with van der Waals surface area (Å²) in [5.74, 6) is 2.43. The van der Waals surface area contributed by atoms with E-state index in [-0.39, 0.29) is 18.1 Å². The van der Waals surface area contributed by atoms with E-state index < -0.39 is 0 Å². The van der Waals surface area contributed by atoms with Crippen LogP contribution in [0.4, 0.5) is 10.6 Å². The Morgan fingerprint density at radius 2 is 1.97 bits per heavy atom. The standard InChI is InChI=1S/C21H26ClN5O2/c1-13-12-19(24-14(2)23-13)27-9-6-15(7-10-27)25-21(28)26-18-8-11-29-20-16(18)4-3-5-17(20)22/h3-5,12,15,18H,6-11H2,1-2H3,(H2,25,26,28). The van der Waals surface area contributed by atoms with E-state index in [0.717, 1.165) is 55.3 Å². The molecule has 0 aliphatic carbocycles. The number of rotatable bonds is 3. The van der Waals surface area contributed by atoms with Gasteiger partial charge in [-0.2, -0.15) is 0 Å². The number of para-hydroxylation sites is 1. The maximum atomic E-state index is 12.6. The van der Waals surface area contributed by atoms with E-state index >= 15 is 0 Å². The second kappa shape index (κ2) is 8.45. The minimum atomic E-state index is -0.144. The lowest BCUT2D eigenvalue weighted by Crippen LogP contribution is -2.49. The van der Waals surface area contributed by atoms with Crippen LogP contribution in [0.1, 0.15) is 42.4 Å². The van der Waals surface area contributed by atoms with Crippen LogP contribution in [0.25, 0.3) is 0 Å². The minimum absolute atomic E-state index is 0.0930. The number of hydrogen-bond donors (Lipinski definition) is 2. The summed E-state index contributed by atoms with van der Waals surface area (Å²) in [4.78, 5) is 23.7. The van der Waals surface area contributed by atoms with Crippen molar-refractivity contribution in [3.63, 3.8) is 0 Å². The van der Waals surface area contributed by atoms with E-state index in [1.807, 2.05) is 32.0 Å². The third-order valence-corrected chi connectivity index (χ3v) is 5.74. The van der Waals surface area contributed by atoms with E-state index in [9.17, 15) is 4.79 Å². The molecule has 0 saturated carbocycles. The van der Waals surface area contributed by atoms with Crippen LogP contribution in [0.3, 0.4) is 0 Å². The molecule has 4 rings (SSSR count). The molecule has 154 valence electrons. The molecule has 1 aromatic carbocycles. The zero-order valence-electron chi connectivity index (χ0n) is 16.7. The predicted molar refractivity (Wildman–Crippen MR) is 113 cm³/mol. The molecule has 1 unspecified atom stereocenters. The van der Waals surface area contributed by atoms with Crippen molar-refractivity contribution in [3.8, 4) is 5.75 Å². The second-order valence-electron chi connectivity index (χ2n) is 7.64. The Kier molecular flexibility index (Phi) is 5.76. The fourth-order valence-electron chi connectivity index (χ4n) is 4.03. The number of hydrogen-bond acceptors (Lipinski definition) is 5. The minimum Gasteiger partial charge on any atom is -0.492 e. The number of urea groups is 1. The molecule has 1 fully saturated rings. The SMILES string of the molecule is Cc1cc(N2CCC(NC(=O)NC3CCOc4c(Cl)cccc43)CC2)nc(C)n1. The number of carbonyl (C=O) groups is 1. The first-order valence-electron chi connectivity index (χ1n) is 10.0. The van der Waals surface area contributed by atoms with Crippen LogP contribution in [-0.2, 0) is 0 Å². The molecule has 3 heterocycles. The van der Waals surface area contributed by atoms with Gasteiger partial charge in [0.25, 0.3) is 0 Å². The summed E-state index contributed by atoms with van der Waals surface area (Å²) in [7, 11) is 0. The zero-order chi connectivity index (χ0) is 20.4. The summed E-state index contributed by atoms with van der Waals surface area (Å²) in [6.07, 6.45) is 2.49. The molecule has 0 bridgehead atoms. The number of aromatic nitrogens is 2. The molecule has 29 heavy (non-hydrogen) atoms. The first kappa shape index (κ1) is 19.8. The number of nitrogens with zero attached hydrogens (tertiary/aromatic N) is 3. The van der Waals surface area contributed by atoms with Crippen LogP contribution in [0.5, 0.6) is 5.75 Å². The highest BCUT2D eigenvalue weighted by Crippen LogP contribution is 2.37. The van der Waals surface area contributed by atoms with Crippen molar-refractivity contribution in [2.75, 3.05) is 24.6 Å². The Balaban J connectivity index is 1.31. The highest BCUT2D eigenvalue weighted by molar-refractivity contribution is 6.32. The summed E-state index contributed by atoms with van der Waals surface area (Å²) in [5.41, 5.74) is 1.91. The fraction of sp³-hybridized carbons (Fsp3) is 0.476. The average Bonchev–Trinajstić information content (AvgIpc) is 2.68. The Hall–Kier alpha value is -2.54. The molecule has 7 nitrogen and oxygen atoms in total. The molecule has 2 amide bonds. The molecule has 1 aromatic heterocycles. The van der Waals surface area contributed by atoms with Crippen LogP contribution in [-0.4, -0.2) is 41.7 Å². The Labute approximate surface area is 175 Å². The zero-order valence-corrected chi connectivity index (χ0v) is 17.5. The quantitative estimate of drug-likeness (QED) is 0.801. The molecule has 8 heteroatoms. The van der Waals surface area contributed by atoms with Crippen molar-refractivity contribution >= 4 is 23.4 Å². The lowest BCUT2D eigenvalue weighted by Gasteiger charge is -2.34. The fourth-order valence-corrected chi connectivity index (χ4v) is 4.27. The number of halogens is 1. The van der Waals surface area contributed by atoms with Crippen molar-refractivity contribution in [1.29, 1.82) is 0 Å². The highest BCUT2D eigenvalue weighted by Gasteiger charge is 2.27. The van der Waals surface area contributed by atoms with Gasteiger partial charge in [0, 0.05) is 42.9 Å². The molecule has 0 radical (unpaired) electrons. The molecule has 1 saturated heterocycles. The van der Waals surface area contributed by atoms with Crippen LogP contribution in [0, 0.1) is 13.8 Å². The van der Waals surface area contributed by atoms with Gasteiger partial charge in [-0.15, -0.1) is 0 Å². The van der Waals surface area contributed by atoms with Crippen LogP contribution in [0.15, 0.2) is 24.3 Å². The summed E-state index contributed by atoms with van der Waals surface area (Å²) in [5, 5.41) is 6.79. The van der Waals surface area contributed by atoms with Gasteiger partial charge in [0.15, 0.2) is 0 Å². The lowest BCUT2D eigenvalue weighted by molar-refractivity contribution is 0.218. The Bertz CT molecular complexity index is 878. The molecule has 2 aliphatic rings. The summed E-state index contributed by atoms with van der Waals surface area (Å²) in [6.45, 7) is 6.15. The smallest absolute Gasteiger partial charge is 0.315 e. The third kappa shape index (κ3) is 4.56. The summed E-state index contributed by atoms with van der Waals surface area (Å²) >= 11 is 6.22. The maximum Gasteiger partial charge on any atom is 0.315 e. The van der Waals surface area contributed by atoms with Crippen molar-refractivity contribution < 1.29 is 9.53 Å². The van der Waals surface area contributed by atoms with E-state index in [0.29, 0.717) is 17.4 Å². The van der Waals surface area contributed by atoms with E-state index in [1.54, 1.807) is 6.07 Å². The van der Waals surface area contributed by atoms with Gasteiger partial charge in [-0.25, -0.2) is 14.8 Å². The number of anilines is 1. The molecule has 2 N–H and O–H groups in total. The van der Waals surface area contributed by atoms with Gasteiger partial charge < -0.3 is 20.3 Å². The number of amides is 2. The van der Waals surface area contributed by atoms with E-state index in [4.69, 9.17) is 16.3 Å². The van der Waals surface area contributed by atoms with Gasteiger partial charge in [0.2, 0.25) is 0 Å². The molecule has 2 aromatic rings. The number of piperidine rings is 1. The second-order valence-corrected chi connectivity index (χ2v) is 8.05. The Morgan fingerprint density at radius 3 is 2.72 bits per heavy atom. The van der Waals surface area contributed by atoms with Gasteiger partial charge in [-0.3, -0.25) is 0 Å². The topological polar surface area (TPSA) is 79.4 Å². The van der Waals surface area contributed by atoms with Gasteiger partial charge in [0.1, 0.15) is 17.4 Å². The van der Waals surface area contributed by atoms with Gasteiger partial charge in [0.05, 0.1) is 17.7 Å². The third-order valence-electron chi connectivity index (χ3n) is 5.44. The first-order valence-corrected chi connectivity index (χ1v) is 10.4. The number of nitrogens with one attached hydrogen (secondary N) is 2. The van der Waals surface area contributed by atoms with Crippen LogP contribution >= 0.6 is 11.6 Å². The van der Waals surface area contributed by atoms with Crippen molar-refractivity contribution in [1.82, 2.24) is 20.6 Å². The van der Waals surface area contributed by atoms with Gasteiger partial charge in [-0.1, -0.05) is 23.7 Å². The highest BCUT2D eigenvalue weighted by atomic mass is 35.5. The Morgan fingerprint density at radius 1 is 1.17 bits per heavy atom. The number of fused-ring (bicyclic) bond motifs is 1. The van der Waals surface area contributed by atoms with Gasteiger partial charge in [-0.05, 0) is 32.8 Å². The molecule has 0 spiro atoms. The molecule has 2 aliphatic heterocycles. The molecule has 1 atom stereocenters. The first-order chi connectivity index (χ1) is 14.0. The van der Waals surface area contributed by atoms with Crippen molar-refractivity contribution in [2.45, 2.75) is 45.2 Å². The molecular weight excluding hydrogens is 390 g/mol. The molecular formula is C21H26ClN5O2. The maximum absolute atomic E-state index is 12.6. The summed E-state index contributed by atoms with van der Waals surface area (Å²) in [6, 6.07) is 7.57. The van der Waals surface area contributed by atoms with Crippen molar-refractivity contribution in [2.24, 2.45) is 0 Å². The van der Waals surface area contributed by atoms with Crippen molar-refractivity contribution in [3.05, 3.63) is 46.4 Å². The number of benzene rings is 1. The monoisotopic (exact) mass is 415 g/mol. The van der Waals surface area contributed by atoms with E-state index in [1.165, 1.54) is 0 Å². The number of aryl methyl sites for hydroxylation is 2. The van der Waals surface area contributed by atoms with E-state index in [2.05, 4.69) is 25.5 Å². The van der Waals surface area contributed by atoms with Gasteiger partial charge >= 0.3 is 6.03 Å². The predicted octanol–water partition coefficient (Wildman–Crippen LogP) is 3.54. The van der Waals surface area contributed by atoms with Crippen LogP contribution in [0.2, 0.25) is 5.02 Å². The number of carbonyl (C=O) groups excluding carboxylic acids is 1. The lowest BCUT2D eigenvalue weighted by atomic mass is 10.0. The normalized spacial score (nSPS) is 19.3. The largest absolute Gasteiger partial charge is 0.492 e. The average molecular weight is 416 g/mol. The summed E-state index contributed by atoms with van der Waals surface area (Å²) < 4.78 is 5.67.